The van der Waals surface area contributed by atoms with Gasteiger partial charge in [-0.15, -0.1) is 0 Å². The summed E-state index contributed by atoms with van der Waals surface area (Å²) in [7, 11) is 0. The molecule has 1 heterocycles. The normalized spacial score (nSPS) is 8.92. The molecule has 4 heteroatoms. The summed E-state index contributed by atoms with van der Waals surface area (Å²) >= 11 is 11.3. The average Bonchev–Trinajstić information content (AvgIpc) is 1.85. The molecule has 0 bridgehead atoms. The van der Waals surface area contributed by atoms with Gasteiger partial charge in [0, 0.05) is 12.4 Å². The molecule has 12 heavy (non-hydrogen) atoms. The highest BCUT2D eigenvalue weighted by Crippen LogP contribution is 2.22. The molecule has 0 aliphatic heterocycles. The molecule has 1 rings (SSSR count). The van der Waals surface area contributed by atoms with Crippen LogP contribution >= 0.6 is 23.2 Å². The number of rotatable bonds is 1. The zero-order valence-corrected chi connectivity index (χ0v) is 7.28. The van der Waals surface area contributed by atoms with Gasteiger partial charge in [-0.2, -0.15) is 0 Å². The molecule has 0 saturated heterocycles. The van der Waals surface area contributed by atoms with Gasteiger partial charge < -0.3 is 0 Å². The Morgan fingerprint density at radius 2 is 1.75 bits per heavy atom. The lowest BCUT2D eigenvalue weighted by molar-refractivity contribution is 0.101. The van der Waals surface area contributed by atoms with Crippen molar-refractivity contribution in [3.63, 3.8) is 0 Å². The van der Waals surface area contributed by atoms with Crippen LogP contribution in [0.1, 0.15) is 24.7 Å². The van der Waals surface area contributed by atoms with Crippen molar-refractivity contribution < 1.29 is 4.79 Å². The van der Waals surface area contributed by atoms with Gasteiger partial charge in [0.25, 0.3) is 0 Å². The van der Waals surface area contributed by atoms with Crippen LogP contribution < -0.4 is 0 Å². The molecular formula is C8H9Cl2NO. The summed E-state index contributed by atoms with van der Waals surface area (Å²) in [6.07, 6.45) is 2.79. The minimum Gasteiger partial charge on any atom is -0.294 e. The lowest BCUT2D eigenvalue weighted by Crippen LogP contribution is -1.95. The van der Waals surface area contributed by atoms with E-state index < -0.39 is 0 Å². The standard InChI is InChI=1S/C7H5Cl2NO.CH4/c1-4(11)7-5(8)2-10-3-6(7)9;/h2-3H,1H3;1H4. The molecule has 0 unspecified atom stereocenters. The first-order chi connectivity index (χ1) is 5.13. The monoisotopic (exact) mass is 205 g/mol. The zero-order valence-electron chi connectivity index (χ0n) is 5.77. The van der Waals surface area contributed by atoms with Crippen LogP contribution in [0.3, 0.4) is 0 Å². The van der Waals surface area contributed by atoms with E-state index in [2.05, 4.69) is 4.98 Å². The zero-order chi connectivity index (χ0) is 8.43. The number of ketones is 1. The third kappa shape index (κ3) is 2.19. The van der Waals surface area contributed by atoms with Gasteiger partial charge in [-0.25, -0.2) is 0 Å². The minimum atomic E-state index is -0.151. The minimum absolute atomic E-state index is 0. The smallest absolute Gasteiger partial charge is 0.162 e. The molecule has 1 aromatic rings. The second-order valence-corrected chi connectivity index (χ2v) is 2.85. The number of Topliss-reactive ketones (excluding diaryl/α,β-unsaturated/α-hetero) is 1. The fraction of sp³-hybridized carbons (Fsp3) is 0.250. The van der Waals surface area contributed by atoms with Gasteiger partial charge in [0.05, 0.1) is 15.6 Å². The van der Waals surface area contributed by atoms with Crippen molar-refractivity contribution in [2.45, 2.75) is 14.4 Å². The molecule has 0 aliphatic rings. The summed E-state index contributed by atoms with van der Waals surface area (Å²) in [6.45, 7) is 1.41. The highest BCUT2D eigenvalue weighted by molar-refractivity contribution is 6.39. The van der Waals surface area contributed by atoms with Gasteiger partial charge in [-0.3, -0.25) is 9.78 Å². The average molecular weight is 206 g/mol. The summed E-state index contributed by atoms with van der Waals surface area (Å²) in [6, 6.07) is 0. The fourth-order valence-electron chi connectivity index (χ4n) is 0.748. The largest absolute Gasteiger partial charge is 0.294 e. The van der Waals surface area contributed by atoms with E-state index in [-0.39, 0.29) is 13.2 Å². The number of carbonyl (C=O) groups is 1. The van der Waals surface area contributed by atoms with E-state index in [0.717, 1.165) is 0 Å². The van der Waals surface area contributed by atoms with Crippen LogP contribution in [-0.2, 0) is 0 Å². The summed E-state index contributed by atoms with van der Waals surface area (Å²) in [5.41, 5.74) is 0.336. The number of halogens is 2. The molecule has 0 amide bonds. The van der Waals surface area contributed by atoms with Crippen LogP contribution in [0, 0.1) is 0 Å². The SMILES string of the molecule is C.CC(=O)c1c(Cl)cncc1Cl. The molecule has 1 aromatic heterocycles. The van der Waals surface area contributed by atoms with E-state index in [1.807, 2.05) is 0 Å². The van der Waals surface area contributed by atoms with Crippen LogP contribution in [0.2, 0.25) is 10.0 Å². The third-order valence-electron chi connectivity index (χ3n) is 1.21. The van der Waals surface area contributed by atoms with Crippen molar-refractivity contribution in [2.75, 3.05) is 0 Å². The lowest BCUT2D eigenvalue weighted by Gasteiger charge is -1.99. The van der Waals surface area contributed by atoms with Crippen molar-refractivity contribution in [3.8, 4) is 0 Å². The van der Waals surface area contributed by atoms with Crippen molar-refractivity contribution in [3.05, 3.63) is 28.0 Å². The second-order valence-electron chi connectivity index (χ2n) is 2.03. The second kappa shape index (κ2) is 4.43. The molecule has 0 saturated carbocycles. The topological polar surface area (TPSA) is 30.0 Å². The Hall–Kier alpha value is -0.600. The molecule has 2 nitrogen and oxygen atoms in total. The Kier molecular flexibility index (Phi) is 4.21. The summed E-state index contributed by atoms with van der Waals surface area (Å²) < 4.78 is 0. The van der Waals surface area contributed by atoms with Crippen molar-refractivity contribution in [2.24, 2.45) is 0 Å². The predicted molar refractivity (Wildman–Crippen MR) is 51.0 cm³/mol. The highest BCUT2D eigenvalue weighted by Gasteiger charge is 2.09. The number of nitrogens with zero attached hydrogens (tertiary/aromatic N) is 1. The van der Waals surface area contributed by atoms with Crippen LogP contribution in [0.4, 0.5) is 0 Å². The van der Waals surface area contributed by atoms with Gasteiger partial charge in [0.15, 0.2) is 5.78 Å². The Balaban J connectivity index is 0.00000121. The highest BCUT2D eigenvalue weighted by atomic mass is 35.5. The van der Waals surface area contributed by atoms with E-state index in [4.69, 9.17) is 23.2 Å². The Morgan fingerprint density at radius 3 is 2.00 bits per heavy atom. The number of hydrogen-bond acceptors (Lipinski definition) is 2. The van der Waals surface area contributed by atoms with E-state index >= 15 is 0 Å². The van der Waals surface area contributed by atoms with Crippen molar-refractivity contribution in [1.29, 1.82) is 0 Å². The van der Waals surface area contributed by atoms with E-state index in [0.29, 0.717) is 15.6 Å². The molecule has 0 spiro atoms. The van der Waals surface area contributed by atoms with Crippen LogP contribution in [0.5, 0.6) is 0 Å². The molecule has 0 fully saturated rings. The van der Waals surface area contributed by atoms with Gasteiger partial charge in [0.2, 0.25) is 0 Å². The first-order valence-electron chi connectivity index (χ1n) is 2.93. The maximum absolute atomic E-state index is 10.9. The maximum atomic E-state index is 10.9. The number of carbonyl (C=O) groups excluding carboxylic acids is 1. The van der Waals surface area contributed by atoms with Gasteiger partial charge in [-0.05, 0) is 6.92 Å². The quantitative estimate of drug-likeness (QED) is 0.660. The summed E-state index contributed by atoms with van der Waals surface area (Å²) in [5.74, 6) is -0.151. The van der Waals surface area contributed by atoms with Crippen LogP contribution in [0.15, 0.2) is 12.4 Å². The first-order valence-corrected chi connectivity index (χ1v) is 3.68. The molecule has 0 radical (unpaired) electrons. The van der Waals surface area contributed by atoms with Gasteiger partial charge in [0.1, 0.15) is 0 Å². The predicted octanol–water partition coefficient (Wildman–Crippen LogP) is 3.23. The van der Waals surface area contributed by atoms with Gasteiger partial charge in [-0.1, -0.05) is 30.6 Å². The van der Waals surface area contributed by atoms with Crippen molar-refractivity contribution >= 4 is 29.0 Å². The van der Waals surface area contributed by atoms with Gasteiger partial charge >= 0.3 is 0 Å². The third-order valence-corrected chi connectivity index (χ3v) is 1.78. The molecule has 0 atom stereocenters. The lowest BCUT2D eigenvalue weighted by atomic mass is 10.2. The molecule has 0 N–H and O–H groups in total. The summed E-state index contributed by atoms with van der Waals surface area (Å²) in [4.78, 5) is 14.6. The number of aromatic nitrogens is 1. The molecule has 0 aromatic carbocycles. The van der Waals surface area contributed by atoms with E-state index in [9.17, 15) is 4.79 Å². The number of hydrogen-bond donors (Lipinski definition) is 0. The van der Waals surface area contributed by atoms with E-state index in [1.54, 1.807) is 0 Å². The first kappa shape index (κ1) is 11.4. The van der Waals surface area contributed by atoms with Crippen LogP contribution in [-0.4, -0.2) is 10.8 Å². The Morgan fingerprint density at radius 1 is 1.33 bits per heavy atom. The Labute approximate surface area is 81.5 Å². The van der Waals surface area contributed by atoms with Crippen molar-refractivity contribution in [1.82, 2.24) is 4.98 Å². The molecular weight excluding hydrogens is 197 g/mol. The molecule has 0 aliphatic carbocycles. The van der Waals surface area contributed by atoms with Crippen LogP contribution in [0.25, 0.3) is 0 Å². The fourth-order valence-corrected chi connectivity index (χ4v) is 1.38. The Bertz CT molecular complexity index is 279. The summed E-state index contributed by atoms with van der Waals surface area (Å²) in [5, 5.41) is 0.593. The van der Waals surface area contributed by atoms with E-state index in [1.165, 1.54) is 19.3 Å². The molecule has 66 valence electrons. The number of pyridine rings is 1. The maximum Gasteiger partial charge on any atom is 0.162 e.